The van der Waals surface area contributed by atoms with Gasteiger partial charge in [-0.3, -0.25) is 4.79 Å². The second kappa shape index (κ2) is 9.32. The zero-order chi connectivity index (χ0) is 22.8. The lowest BCUT2D eigenvalue weighted by Crippen LogP contribution is -2.32. The molecule has 0 aliphatic carbocycles. The monoisotopic (exact) mass is 445 g/mol. The van der Waals surface area contributed by atoms with Crippen molar-refractivity contribution in [1.29, 1.82) is 0 Å². The van der Waals surface area contributed by atoms with E-state index in [1.165, 1.54) is 4.31 Å². The minimum atomic E-state index is -3.53. The smallest absolute Gasteiger partial charge is 0.223 e. The van der Waals surface area contributed by atoms with Crippen molar-refractivity contribution in [3.8, 4) is 0 Å². The molecule has 1 aromatic heterocycles. The Kier molecular flexibility index (Phi) is 6.96. The zero-order valence-corrected chi connectivity index (χ0v) is 19.6. The molecule has 1 amide bonds. The Bertz CT molecular complexity index is 1020. The lowest BCUT2D eigenvalue weighted by Gasteiger charge is -2.22. The highest BCUT2D eigenvalue weighted by Crippen LogP contribution is 2.30. The van der Waals surface area contributed by atoms with Crippen LogP contribution in [-0.2, 0) is 27.1 Å². The molecule has 0 N–H and O–H groups in total. The molecule has 0 radical (unpaired) electrons. The van der Waals surface area contributed by atoms with Crippen LogP contribution in [0.15, 0.2) is 36.4 Å². The van der Waals surface area contributed by atoms with Crippen LogP contribution in [0, 0.1) is 0 Å². The molecular formula is C22H31N5O3S. The third kappa shape index (κ3) is 5.59. The Morgan fingerprint density at radius 3 is 2.39 bits per heavy atom. The molecular weight excluding hydrogens is 414 g/mol. The van der Waals surface area contributed by atoms with Crippen LogP contribution >= 0.6 is 0 Å². The molecule has 0 unspecified atom stereocenters. The van der Waals surface area contributed by atoms with Crippen LogP contribution in [0.2, 0.25) is 0 Å². The van der Waals surface area contributed by atoms with Crippen molar-refractivity contribution >= 4 is 21.7 Å². The molecule has 31 heavy (non-hydrogen) atoms. The minimum absolute atomic E-state index is 0.0263. The number of sulfonamides is 1. The molecule has 1 aromatic carbocycles. The Morgan fingerprint density at radius 2 is 1.81 bits per heavy atom. The normalized spacial score (nSPS) is 17.1. The van der Waals surface area contributed by atoms with E-state index in [4.69, 9.17) is 0 Å². The number of benzene rings is 1. The summed E-state index contributed by atoms with van der Waals surface area (Å²) in [4.78, 5) is 25.3. The first-order valence-electron chi connectivity index (χ1n) is 10.4. The fraction of sp³-hybridized carbons (Fsp3) is 0.500. The van der Waals surface area contributed by atoms with Gasteiger partial charge in [0.05, 0.1) is 18.0 Å². The van der Waals surface area contributed by atoms with Gasteiger partial charge in [-0.2, -0.15) is 4.31 Å². The fourth-order valence-corrected chi connectivity index (χ4v) is 4.78. The summed E-state index contributed by atoms with van der Waals surface area (Å²) in [7, 11) is 1.78. The van der Waals surface area contributed by atoms with Crippen molar-refractivity contribution in [3.63, 3.8) is 0 Å². The summed E-state index contributed by atoms with van der Waals surface area (Å²) in [5, 5.41) is 0. The SMILES string of the molecule is CC(C)N1C[C@@H](c2cc(N(C)C)nc(CN(C)S(=O)(=O)Cc3ccccc3)n2)CC1=O. The van der Waals surface area contributed by atoms with Crippen molar-refractivity contribution in [1.82, 2.24) is 19.2 Å². The average Bonchev–Trinajstić information content (AvgIpc) is 3.10. The molecule has 0 bridgehead atoms. The van der Waals surface area contributed by atoms with E-state index in [9.17, 15) is 13.2 Å². The average molecular weight is 446 g/mol. The summed E-state index contributed by atoms with van der Waals surface area (Å²) in [6.45, 7) is 4.69. The summed E-state index contributed by atoms with van der Waals surface area (Å²) in [6.07, 6.45) is 0.406. The van der Waals surface area contributed by atoms with Crippen LogP contribution < -0.4 is 4.90 Å². The van der Waals surface area contributed by atoms with Crippen LogP contribution in [0.1, 0.15) is 43.3 Å². The Labute approximate surface area is 185 Å². The molecule has 0 saturated carbocycles. The van der Waals surface area contributed by atoms with Gasteiger partial charge in [-0.05, 0) is 19.4 Å². The number of hydrogen-bond acceptors (Lipinski definition) is 6. The second-order valence-electron chi connectivity index (χ2n) is 8.50. The molecule has 2 aromatic rings. The van der Waals surface area contributed by atoms with Gasteiger partial charge in [-0.1, -0.05) is 30.3 Å². The molecule has 1 saturated heterocycles. The molecule has 1 fully saturated rings. The maximum Gasteiger partial charge on any atom is 0.223 e. The molecule has 1 atom stereocenters. The van der Waals surface area contributed by atoms with E-state index in [1.807, 2.05) is 62.0 Å². The van der Waals surface area contributed by atoms with Crippen LogP contribution in [0.25, 0.3) is 0 Å². The summed E-state index contributed by atoms with van der Waals surface area (Å²) in [5.41, 5.74) is 1.51. The maximum atomic E-state index is 12.8. The summed E-state index contributed by atoms with van der Waals surface area (Å²) in [6, 6.07) is 11.1. The Hall–Kier alpha value is -2.52. The number of rotatable bonds is 8. The van der Waals surface area contributed by atoms with Gasteiger partial charge < -0.3 is 9.80 Å². The summed E-state index contributed by atoms with van der Waals surface area (Å²) < 4.78 is 27.0. The first-order chi connectivity index (χ1) is 14.6. The number of carbonyl (C=O) groups excluding carboxylic acids is 1. The number of aromatic nitrogens is 2. The number of anilines is 1. The van der Waals surface area contributed by atoms with Crippen molar-refractivity contribution < 1.29 is 13.2 Å². The number of carbonyl (C=O) groups is 1. The van der Waals surface area contributed by atoms with Gasteiger partial charge in [-0.15, -0.1) is 0 Å². The van der Waals surface area contributed by atoms with E-state index in [0.29, 0.717) is 24.6 Å². The van der Waals surface area contributed by atoms with Gasteiger partial charge >= 0.3 is 0 Å². The lowest BCUT2D eigenvalue weighted by molar-refractivity contribution is -0.129. The van der Waals surface area contributed by atoms with E-state index >= 15 is 0 Å². The van der Waals surface area contributed by atoms with Crippen molar-refractivity contribution in [2.24, 2.45) is 0 Å². The minimum Gasteiger partial charge on any atom is -0.363 e. The van der Waals surface area contributed by atoms with Gasteiger partial charge in [0.1, 0.15) is 11.6 Å². The first-order valence-corrected chi connectivity index (χ1v) is 12.0. The van der Waals surface area contributed by atoms with Gasteiger partial charge in [0.25, 0.3) is 0 Å². The molecule has 0 spiro atoms. The molecule has 1 aliphatic rings. The highest BCUT2D eigenvalue weighted by Gasteiger charge is 2.33. The van der Waals surface area contributed by atoms with Crippen molar-refractivity contribution in [2.45, 2.75) is 44.5 Å². The number of hydrogen-bond donors (Lipinski definition) is 0. The maximum absolute atomic E-state index is 12.8. The summed E-state index contributed by atoms with van der Waals surface area (Å²) >= 11 is 0. The van der Waals surface area contributed by atoms with E-state index in [2.05, 4.69) is 9.97 Å². The van der Waals surface area contributed by atoms with E-state index in [0.717, 1.165) is 11.3 Å². The molecule has 1 aliphatic heterocycles. The molecule has 8 nitrogen and oxygen atoms in total. The van der Waals surface area contributed by atoms with E-state index < -0.39 is 10.0 Å². The Morgan fingerprint density at radius 1 is 1.13 bits per heavy atom. The highest BCUT2D eigenvalue weighted by atomic mass is 32.2. The largest absolute Gasteiger partial charge is 0.363 e. The van der Waals surface area contributed by atoms with Gasteiger partial charge in [0, 0.05) is 52.1 Å². The lowest BCUT2D eigenvalue weighted by atomic mass is 10.0. The van der Waals surface area contributed by atoms with E-state index in [-0.39, 0.29) is 30.2 Å². The van der Waals surface area contributed by atoms with Gasteiger partial charge in [0.2, 0.25) is 15.9 Å². The standard InChI is InChI=1S/C22H31N5O3S/c1-16(2)27-13-18(11-22(27)28)19-12-21(25(3)4)24-20(23-19)14-26(5)31(29,30)15-17-9-7-6-8-10-17/h6-10,12,16,18H,11,13-15H2,1-5H3/t18-/m0/s1. The number of nitrogens with zero attached hydrogens (tertiary/aromatic N) is 5. The van der Waals surface area contributed by atoms with Gasteiger partial charge in [-0.25, -0.2) is 18.4 Å². The zero-order valence-electron chi connectivity index (χ0n) is 18.8. The third-order valence-corrected chi connectivity index (χ3v) is 7.24. The number of amides is 1. The first kappa shape index (κ1) is 23.1. The van der Waals surface area contributed by atoms with Crippen LogP contribution in [0.5, 0.6) is 0 Å². The topological polar surface area (TPSA) is 86.7 Å². The summed E-state index contributed by atoms with van der Waals surface area (Å²) in [5.74, 6) is 1.14. The quantitative estimate of drug-likeness (QED) is 0.619. The molecule has 2 heterocycles. The number of likely N-dealkylation sites (tertiary alicyclic amines) is 1. The predicted molar refractivity (Wildman–Crippen MR) is 121 cm³/mol. The molecule has 168 valence electrons. The third-order valence-electron chi connectivity index (χ3n) is 5.47. The highest BCUT2D eigenvalue weighted by molar-refractivity contribution is 7.88. The van der Waals surface area contributed by atoms with Gasteiger partial charge in [0.15, 0.2) is 0 Å². The fourth-order valence-electron chi connectivity index (χ4n) is 3.63. The van der Waals surface area contributed by atoms with Crippen molar-refractivity contribution in [2.75, 3.05) is 32.6 Å². The van der Waals surface area contributed by atoms with E-state index in [1.54, 1.807) is 19.2 Å². The second-order valence-corrected chi connectivity index (χ2v) is 10.6. The van der Waals surface area contributed by atoms with Crippen molar-refractivity contribution in [3.05, 3.63) is 53.5 Å². The molecule has 3 rings (SSSR count). The van der Waals surface area contributed by atoms with Crippen LogP contribution in [0.4, 0.5) is 5.82 Å². The molecule has 9 heteroatoms. The van der Waals surface area contributed by atoms with Crippen LogP contribution in [-0.4, -0.2) is 67.2 Å². The predicted octanol–water partition coefficient (Wildman–Crippen LogP) is 2.23. The Balaban J connectivity index is 1.83. The van der Waals surface area contributed by atoms with Crippen LogP contribution in [0.3, 0.4) is 0 Å².